The summed E-state index contributed by atoms with van der Waals surface area (Å²) in [6.07, 6.45) is 2.72. The fraction of sp³-hybridized carbons (Fsp3) is 0.455. The van der Waals surface area contributed by atoms with Crippen LogP contribution in [-0.2, 0) is 6.42 Å². The third kappa shape index (κ3) is 1.80. The Balaban J connectivity index is 2.46. The van der Waals surface area contributed by atoms with Crippen LogP contribution in [0.5, 0.6) is 0 Å². The average molecular weight is 219 g/mol. The van der Waals surface area contributed by atoms with Crippen LogP contribution in [0.25, 0.3) is 11.3 Å². The minimum Gasteiger partial charge on any atom is -0.382 e. The Morgan fingerprint density at radius 1 is 1.38 bits per heavy atom. The molecule has 2 aromatic heterocycles. The van der Waals surface area contributed by atoms with Crippen LogP contribution in [0.2, 0.25) is 0 Å². The van der Waals surface area contributed by atoms with Crippen LogP contribution in [-0.4, -0.2) is 20.4 Å². The second-order valence-electron chi connectivity index (χ2n) is 4.47. The van der Waals surface area contributed by atoms with Crippen molar-refractivity contribution in [2.24, 2.45) is 5.92 Å². The van der Waals surface area contributed by atoms with Gasteiger partial charge in [0.25, 0.3) is 0 Å². The van der Waals surface area contributed by atoms with E-state index in [0.29, 0.717) is 11.7 Å². The maximum absolute atomic E-state index is 5.87. The van der Waals surface area contributed by atoms with Gasteiger partial charge in [-0.05, 0) is 19.3 Å². The molecule has 0 fully saturated rings. The van der Waals surface area contributed by atoms with Gasteiger partial charge in [-0.1, -0.05) is 13.8 Å². The smallest absolute Gasteiger partial charge is 0.149 e. The number of rotatable bonds is 3. The number of nitrogen functional groups attached to an aromatic ring is 1. The summed E-state index contributed by atoms with van der Waals surface area (Å²) < 4.78 is 0. The molecule has 0 aromatic carbocycles. The highest BCUT2D eigenvalue weighted by molar-refractivity contribution is 5.69. The monoisotopic (exact) mass is 219 g/mol. The van der Waals surface area contributed by atoms with E-state index in [2.05, 4.69) is 34.2 Å². The number of aromatic amines is 2. The topological polar surface area (TPSA) is 83.4 Å². The van der Waals surface area contributed by atoms with E-state index in [9.17, 15) is 0 Å². The lowest BCUT2D eigenvalue weighted by Gasteiger charge is -2.06. The van der Waals surface area contributed by atoms with Gasteiger partial charge in [-0.15, -0.1) is 0 Å². The second-order valence-corrected chi connectivity index (χ2v) is 4.47. The molecule has 4 N–H and O–H groups in total. The van der Waals surface area contributed by atoms with Gasteiger partial charge in [-0.2, -0.15) is 10.2 Å². The number of hydrogen-bond acceptors (Lipinski definition) is 3. The lowest BCUT2D eigenvalue weighted by Crippen LogP contribution is -1.99. The molecule has 0 unspecified atom stereocenters. The molecule has 0 saturated heterocycles. The molecule has 0 amide bonds. The third-order valence-electron chi connectivity index (χ3n) is 2.61. The van der Waals surface area contributed by atoms with Crippen molar-refractivity contribution < 1.29 is 0 Å². The van der Waals surface area contributed by atoms with Gasteiger partial charge in [0.1, 0.15) is 5.82 Å². The number of nitrogens with one attached hydrogen (secondary N) is 2. The predicted molar refractivity (Wildman–Crippen MR) is 63.9 cm³/mol. The van der Waals surface area contributed by atoms with Crippen molar-refractivity contribution in [3.63, 3.8) is 0 Å². The lowest BCUT2D eigenvalue weighted by molar-refractivity contribution is 0.649. The number of hydrogen-bond donors (Lipinski definition) is 3. The number of H-pyrrole nitrogens is 2. The van der Waals surface area contributed by atoms with Gasteiger partial charge in [-0.25, -0.2) is 0 Å². The van der Waals surface area contributed by atoms with Gasteiger partial charge in [-0.3, -0.25) is 10.2 Å². The molecule has 0 saturated carbocycles. The molecule has 0 aliphatic rings. The molecular weight excluding hydrogens is 202 g/mol. The Morgan fingerprint density at radius 3 is 2.69 bits per heavy atom. The van der Waals surface area contributed by atoms with Gasteiger partial charge >= 0.3 is 0 Å². The van der Waals surface area contributed by atoms with E-state index >= 15 is 0 Å². The largest absolute Gasteiger partial charge is 0.382 e. The molecule has 5 heteroatoms. The Morgan fingerprint density at radius 2 is 2.12 bits per heavy atom. The van der Waals surface area contributed by atoms with Crippen LogP contribution in [0.1, 0.15) is 25.1 Å². The van der Waals surface area contributed by atoms with Gasteiger partial charge in [0.2, 0.25) is 0 Å². The van der Waals surface area contributed by atoms with Crippen LogP contribution in [0.4, 0.5) is 5.82 Å². The number of nitrogens with two attached hydrogens (primary N) is 1. The molecule has 2 rings (SSSR count). The molecule has 0 bridgehead atoms. The Labute approximate surface area is 94.4 Å². The van der Waals surface area contributed by atoms with Gasteiger partial charge in [0, 0.05) is 16.8 Å². The number of nitrogens with zero attached hydrogens (tertiary/aromatic N) is 2. The maximum Gasteiger partial charge on any atom is 0.149 e. The molecular formula is C11H17N5. The summed E-state index contributed by atoms with van der Waals surface area (Å²) in [6, 6.07) is 0. The Bertz CT molecular complexity index is 480. The molecule has 5 nitrogen and oxygen atoms in total. The average Bonchev–Trinajstić information content (AvgIpc) is 2.75. The minimum atomic E-state index is 0.547. The van der Waals surface area contributed by atoms with Crippen molar-refractivity contribution in [3.05, 3.63) is 17.5 Å². The summed E-state index contributed by atoms with van der Waals surface area (Å²) in [7, 11) is 0. The fourth-order valence-electron chi connectivity index (χ4n) is 1.82. The summed E-state index contributed by atoms with van der Waals surface area (Å²) in [5.74, 6) is 1.13. The van der Waals surface area contributed by atoms with Crippen LogP contribution < -0.4 is 5.73 Å². The highest BCUT2D eigenvalue weighted by Gasteiger charge is 2.16. The van der Waals surface area contributed by atoms with Crippen molar-refractivity contribution in [2.45, 2.75) is 27.2 Å². The van der Waals surface area contributed by atoms with Gasteiger partial charge in [0.15, 0.2) is 0 Å². The van der Waals surface area contributed by atoms with E-state index in [1.165, 1.54) is 0 Å². The second kappa shape index (κ2) is 4.00. The number of aryl methyl sites for hydroxylation is 1. The fourth-order valence-corrected chi connectivity index (χ4v) is 1.82. The first-order valence-corrected chi connectivity index (χ1v) is 5.42. The summed E-state index contributed by atoms with van der Waals surface area (Å²) in [5, 5.41) is 14.0. The minimum absolute atomic E-state index is 0.547. The standard InChI is InChI=1S/C11H17N5/c1-6(2)4-8-10(15-16-11(8)12)9-5-13-14-7(9)3/h5-6H,4H2,1-3H3,(H,13,14)(H3,12,15,16). The molecule has 86 valence electrons. The van der Waals surface area contributed by atoms with Crippen LogP contribution in [0.3, 0.4) is 0 Å². The Kier molecular flexibility index (Phi) is 2.68. The first-order chi connectivity index (χ1) is 7.59. The summed E-state index contributed by atoms with van der Waals surface area (Å²) in [5.41, 5.74) is 10.0. The van der Waals surface area contributed by atoms with E-state index in [1.54, 1.807) is 6.20 Å². The van der Waals surface area contributed by atoms with Crippen molar-refractivity contribution in [1.82, 2.24) is 20.4 Å². The zero-order chi connectivity index (χ0) is 11.7. The van der Waals surface area contributed by atoms with Gasteiger partial charge < -0.3 is 5.73 Å². The third-order valence-corrected chi connectivity index (χ3v) is 2.61. The molecule has 0 radical (unpaired) electrons. The quantitative estimate of drug-likeness (QED) is 0.737. The normalized spacial score (nSPS) is 11.2. The first kappa shape index (κ1) is 10.7. The zero-order valence-electron chi connectivity index (χ0n) is 9.83. The van der Waals surface area contributed by atoms with Crippen LogP contribution in [0, 0.1) is 12.8 Å². The predicted octanol–water partition coefficient (Wildman–Crippen LogP) is 1.89. The molecule has 2 heterocycles. The van der Waals surface area contributed by atoms with Crippen molar-refractivity contribution in [3.8, 4) is 11.3 Å². The van der Waals surface area contributed by atoms with Crippen molar-refractivity contribution in [2.75, 3.05) is 5.73 Å². The van der Waals surface area contributed by atoms with Crippen LogP contribution in [0.15, 0.2) is 6.20 Å². The summed E-state index contributed by atoms with van der Waals surface area (Å²) in [6.45, 7) is 6.31. The van der Waals surface area contributed by atoms with Gasteiger partial charge in [0.05, 0.1) is 11.9 Å². The van der Waals surface area contributed by atoms with E-state index < -0.39 is 0 Å². The molecule has 0 aliphatic carbocycles. The zero-order valence-corrected chi connectivity index (χ0v) is 9.83. The SMILES string of the molecule is Cc1[nH]ncc1-c1[nH]nc(N)c1CC(C)C. The Hall–Kier alpha value is -1.78. The van der Waals surface area contributed by atoms with Crippen molar-refractivity contribution >= 4 is 5.82 Å². The van der Waals surface area contributed by atoms with E-state index in [0.717, 1.165) is 28.9 Å². The van der Waals surface area contributed by atoms with Crippen molar-refractivity contribution in [1.29, 1.82) is 0 Å². The lowest BCUT2D eigenvalue weighted by atomic mass is 9.99. The highest BCUT2D eigenvalue weighted by atomic mass is 15.2. The molecule has 0 atom stereocenters. The number of aromatic nitrogens is 4. The molecule has 16 heavy (non-hydrogen) atoms. The highest BCUT2D eigenvalue weighted by Crippen LogP contribution is 2.28. The molecule has 0 spiro atoms. The summed E-state index contributed by atoms with van der Waals surface area (Å²) >= 11 is 0. The summed E-state index contributed by atoms with van der Waals surface area (Å²) in [4.78, 5) is 0. The first-order valence-electron chi connectivity index (χ1n) is 5.42. The van der Waals surface area contributed by atoms with Crippen LogP contribution >= 0.6 is 0 Å². The maximum atomic E-state index is 5.87. The molecule has 2 aromatic rings. The van der Waals surface area contributed by atoms with E-state index in [4.69, 9.17) is 5.73 Å². The van der Waals surface area contributed by atoms with E-state index in [1.807, 2.05) is 6.92 Å². The molecule has 0 aliphatic heterocycles. The number of anilines is 1. The van der Waals surface area contributed by atoms with E-state index in [-0.39, 0.29) is 0 Å².